The van der Waals surface area contributed by atoms with E-state index in [1.807, 2.05) is 32.0 Å². The van der Waals surface area contributed by atoms with Crippen LogP contribution in [0, 0.1) is 13.8 Å². The molecule has 1 amide bonds. The van der Waals surface area contributed by atoms with Gasteiger partial charge in [-0.05, 0) is 44.2 Å². The summed E-state index contributed by atoms with van der Waals surface area (Å²) < 4.78 is 23.4. The quantitative estimate of drug-likeness (QED) is 0.932. The van der Waals surface area contributed by atoms with Crippen molar-refractivity contribution < 1.29 is 13.2 Å². The third-order valence-electron chi connectivity index (χ3n) is 4.27. The first kappa shape index (κ1) is 16.0. The van der Waals surface area contributed by atoms with Crippen molar-refractivity contribution in [3.05, 3.63) is 34.9 Å². The van der Waals surface area contributed by atoms with E-state index in [-0.39, 0.29) is 17.2 Å². The molecule has 0 bridgehead atoms. The molecule has 2 atom stereocenters. The van der Waals surface area contributed by atoms with Gasteiger partial charge in [0.15, 0.2) is 0 Å². The van der Waals surface area contributed by atoms with Gasteiger partial charge in [0, 0.05) is 17.9 Å². The lowest BCUT2D eigenvalue weighted by Gasteiger charge is -2.29. The number of aryl methyl sites for hydroxylation is 2. The minimum atomic E-state index is -3.03. The number of hydrogen-bond acceptors (Lipinski definition) is 3. The van der Waals surface area contributed by atoms with Gasteiger partial charge >= 0.3 is 0 Å². The average molecular weight is 309 g/mol. The lowest BCUT2D eigenvalue weighted by Crippen LogP contribution is -2.42. The molecule has 1 aliphatic rings. The standard InChI is InChI=1S/C16H23NO3S/c1-11-6-4-7-12(2)15(11)16(18)17-13-8-5-9-14(10-13)21(3,19)20/h4,6-7,13-14H,5,8-10H2,1-3H3,(H,17,18). The Morgan fingerprint density at radius 3 is 2.38 bits per heavy atom. The zero-order valence-corrected chi connectivity index (χ0v) is 13.7. The third kappa shape index (κ3) is 3.84. The second-order valence-corrected chi connectivity index (χ2v) is 8.38. The molecule has 21 heavy (non-hydrogen) atoms. The maximum Gasteiger partial charge on any atom is 0.252 e. The third-order valence-corrected chi connectivity index (χ3v) is 5.91. The summed E-state index contributed by atoms with van der Waals surface area (Å²) in [6.45, 7) is 3.84. The molecule has 1 N–H and O–H groups in total. The summed E-state index contributed by atoms with van der Waals surface area (Å²) in [6, 6.07) is 5.72. The number of sulfone groups is 1. The van der Waals surface area contributed by atoms with Gasteiger partial charge in [0.2, 0.25) is 0 Å². The highest BCUT2D eigenvalue weighted by Crippen LogP contribution is 2.24. The van der Waals surface area contributed by atoms with Gasteiger partial charge in [0.05, 0.1) is 5.25 Å². The predicted octanol–water partition coefficient (Wildman–Crippen LogP) is 2.39. The molecule has 4 nitrogen and oxygen atoms in total. The van der Waals surface area contributed by atoms with Crippen LogP contribution in [0.3, 0.4) is 0 Å². The molecular weight excluding hydrogens is 286 g/mol. The molecule has 0 radical (unpaired) electrons. The summed E-state index contributed by atoms with van der Waals surface area (Å²) in [7, 11) is -3.03. The van der Waals surface area contributed by atoms with Crippen molar-refractivity contribution in [3.63, 3.8) is 0 Å². The van der Waals surface area contributed by atoms with E-state index in [0.717, 1.165) is 24.0 Å². The van der Waals surface area contributed by atoms with Gasteiger partial charge in [-0.15, -0.1) is 0 Å². The summed E-state index contributed by atoms with van der Waals surface area (Å²) in [5, 5.41) is 2.69. The molecule has 0 heterocycles. The topological polar surface area (TPSA) is 63.2 Å². The van der Waals surface area contributed by atoms with Gasteiger partial charge in [0.1, 0.15) is 9.84 Å². The first-order valence-corrected chi connectivity index (χ1v) is 9.30. The molecular formula is C16H23NO3S. The molecule has 5 heteroatoms. The smallest absolute Gasteiger partial charge is 0.252 e. The minimum Gasteiger partial charge on any atom is -0.349 e. The fourth-order valence-electron chi connectivity index (χ4n) is 3.10. The fraction of sp³-hybridized carbons (Fsp3) is 0.562. The molecule has 1 aliphatic carbocycles. The Morgan fingerprint density at radius 1 is 1.19 bits per heavy atom. The number of amides is 1. The minimum absolute atomic E-state index is 0.0509. The highest BCUT2D eigenvalue weighted by atomic mass is 32.2. The van der Waals surface area contributed by atoms with Gasteiger partial charge in [-0.3, -0.25) is 4.79 Å². The van der Waals surface area contributed by atoms with Crippen molar-refractivity contribution in [3.8, 4) is 0 Å². The van der Waals surface area contributed by atoms with Crippen LogP contribution < -0.4 is 5.32 Å². The zero-order valence-electron chi connectivity index (χ0n) is 12.8. The molecule has 0 aliphatic heterocycles. The summed E-state index contributed by atoms with van der Waals surface area (Å²) in [5.41, 5.74) is 2.60. The SMILES string of the molecule is Cc1cccc(C)c1C(=O)NC1CCCC(S(C)(=O)=O)C1. The van der Waals surface area contributed by atoms with Crippen LogP contribution in [0.4, 0.5) is 0 Å². The number of benzene rings is 1. The van der Waals surface area contributed by atoms with Crippen molar-refractivity contribution in [2.24, 2.45) is 0 Å². The second kappa shape index (κ2) is 6.18. The Morgan fingerprint density at radius 2 is 1.81 bits per heavy atom. The number of carbonyl (C=O) groups is 1. The molecule has 2 rings (SSSR count). The van der Waals surface area contributed by atoms with Crippen molar-refractivity contribution in [1.82, 2.24) is 5.32 Å². The van der Waals surface area contributed by atoms with Crippen LogP contribution in [0.5, 0.6) is 0 Å². The largest absolute Gasteiger partial charge is 0.349 e. The van der Waals surface area contributed by atoms with Crippen LogP contribution in [0.15, 0.2) is 18.2 Å². The first-order chi connectivity index (χ1) is 9.79. The maximum atomic E-state index is 12.5. The Balaban J connectivity index is 2.10. The average Bonchev–Trinajstić information content (AvgIpc) is 2.37. The summed E-state index contributed by atoms with van der Waals surface area (Å²) >= 11 is 0. The molecule has 1 saturated carbocycles. The van der Waals surface area contributed by atoms with E-state index in [0.29, 0.717) is 18.4 Å². The Labute approximate surface area is 126 Å². The molecule has 2 unspecified atom stereocenters. The molecule has 0 saturated heterocycles. The van der Waals surface area contributed by atoms with Crippen molar-refractivity contribution in [1.29, 1.82) is 0 Å². The summed E-state index contributed by atoms with van der Waals surface area (Å²) in [5.74, 6) is -0.0928. The molecule has 1 aromatic carbocycles. The Hall–Kier alpha value is -1.36. The van der Waals surface area contributed by atoms with E-state index < -0.39 is 9.84 Å². The van der Waals surface area contributed by atoms with Crippen molar-refractivity contribution in [2.45, 2.75) is 50.8 Å². The number of carbonyl (C=O) groups excluding carboxylic acids is 1. The van der Waals surface area contributed by atoms with Gasteiger partial charge in [0.25, 0.3) is 5.91 Å². The first-order valence-electron chi connectivity index (χ1n) is 7.35. The van der Waals surface area contributed by atoms with E-state index in [1.54, 1.807) is 0 Å². The molecule has 1 fully saturated rings. The van der Waals surface area contributed by atoms with Crippen molar-refractivity contribution >= 4 is 15.7 Å². The monoisotopic (exact) mass is 309 g/mol. The molecule has 1 aromatic rings. The zero-order chi connectivity index (χ0) is 15.6. The van der Waals surface area contributed by atoms with Crippen LogP contribution in [0.2, 0.25) is 0 Å². The Bertz CT molecular complexity index is 617. The van der Waals surface area contributed by atoms with Gasteiger partial charge in [-0.25, -0.2) is 8.42 Å². The summed E-state index contributed by atoms with van der Waals surface area (Å²) in [4.78, 5) is 12.5. The fourth-order valence-corrected chi connectivity index (χ4v) is 4.27. The van der Waals surface area contributed by atoms with E-state index >= 15 is 0 Å². The second-order valence-electron chi connectivity index (χ2n) is 6.06. The van der Waals surface area contributed by atoms with E-state index in [2.05, 4.69) is 5.32 Å². The highest BCUT2D eigenvalue weighted by molar-refractivity contribution is 7.91. The molecule has 0 aromatic heterocycles. The van der Waals surface area contributed by atoms with E-state index in [4.69, 9.17) is 0 Å². The van der Waals surface area contributed by atoms with Gasteiger partial charge in [-0.1, -0.05) is 24.6 Å². The van der Waals surface area contributed by atoms with E-state index in [9.17, 15) is 13.2 Å². The lowest BCUT2D eigenvalue weighted by molar-refractivity contribution is 0.0926. The Kier molecular flexibility index (Phi) is 4.71. The van der Waals surface area contributed by atoms with Crippen LogP contribution in [-0.2, 0) is 9.84 Å². The van der Waals surface area contributed by atoms with E-state index in [1.165, 1.54) is 6.26 Å². The van der Waals surface area contributed by atoms with Gasteiger partial charge < -0.3 is 5.32 Å². The molecule has 116 valence electrons. The normalized spacial score (nSPS) is 22.8. The van der Waals surface area contributed by atoms with Crippen LogP contribution in [0.1, 0.15) is 47.2 Å². The van der Waals surface area contributed by atoms with Crippen LogP contribution in [0.25, 0.3) is 0 Å². The van der Waals surface area contributed by atoms with Gasteiger partial charge in [-0.2, -0.15) is 0 Å². The predicted molar refractivity (Wildman–Crippen MR) is 84.3 cm³/mol. The number of hydrogen-bond donors (Lipinski definition) is 1. The van der Waals surface area contributed by atoms with Crippen LogP contribution in [-0.4, -0.2) is 31.9 Å². The lowest BCUT2D eigenvalue weighted by atomic mass is 9.94. The maximum absolute atomic E-state index is 12.5. The number of nitrogens with one attached hydrogen (secondary N) is 1. The van der Waals surface area contributed by atoms with Crippen LogP contribution >= 0.6 is 0 Å². The molecule has 0 spiro atoms. The highest BCUT2D eigenvalue weighted by Gasteiger charge is 2.30. The number of rotatable bonds is 3. The summed E-state index contributed by atoms with van der Waals surface area (Å²) in [6.07, 6.45) is 4.20. The van der Waals surface area contributed by atoms with Crippen molar-refractivity contribution in [2.75, 3.05) is 6.26 Å².